The molecule has 0 bridgehead atoms. The highest BCUT2D eigenvalue weighted by molar-refractivity contribution is 7.90. The van der Waals surface area contributed by atoms with Crippen LogP contribution in [0.1, 0.15) is 13.3 Å². The van der Waals surface area contributed by atoms with E-state index in [-0.39, 0.29) is 11.2 Å². The summed E-state index contributed by atoms with van der Waals surface area (Å²) in [6.07, 6.45) is 3.48. The van der Waals surface area contributed by atoms with E-state index < -0.39 is 9.84 Å². The lowest BCUT2D eigenvalue weighted by molar-refractivity contribution is 0.467. The van der Waals surface area contributed by atoms with E-state index >= 15 is 0 Å². The van der Waals surface area contributed by atoms with Gasteiger partial charge in [0.1, 0.15) is 9.84 Å². The minimum atomic E-state index is -2.88. The van der Waals surface area contributed by atoms with Crippen LogP contribution >= 0.6 is 11.6 Å². The van der Waals surface area contributed by atoms with Gasteiger partial charge in [0.15, 0.2) is 0 Å². The fourth-order valence-electron chi connectivity index (χ4n) is 0.642. The standard InChI is InChI=1S/C8H15ClO2S/c1-4-8(2,7-9)5-6-12(3,10)11/h4H,1,5-7H2,2-3H3. The average molecular weight is 211 g/mol. The van der Waals surface area contributed by atoms with Gasteiger partial charge in [-0.3, -0.25) is 0 Å². The van der Waals surface area contributed by atoms with E-state index in [9.17, 15) is 8.42 Å². The van der Waals surface area contributed by atoms with Crippen LogP contribution in [0.3, 0.4) is 0 Å². The van der Waals surface area contributed by atoms with Gasteiger partial charge in [-0.2, -0.15) is 0 Å². The number of hydrogen-bond acceptors (Lipinski definition) is 2. The van der Waals surface area contributed by atoms with Crippen LogP contribution in [0.4, 0.5) is 0 Å². The largest absolute Gasteiger partial charge is 0.229 e. The lowest BCUT2D eigenvalue weighted by Gasteiger charge is -2.21. The SMILES string of the molecule is C=CC(C)(CCl)CCS(C)(=O)=O. The Bertz CT molecular complexity index is 246. The van der Waals surface area contributed by atoms with E-state index in [1.54, 1.807) is 6.08 Å². The number of sulfone groups is 1. The molecule has 0 aromatic heterocycles. The molecule has 0 rings (SSSR count). The molecule has 0 aliphatic carbocycles. The molecule has 1 atom stereocenters. The summed E-state index contributed by atoms with van der Waals surface area (Å²) in [6.45, 7) is 5.53. The third-order valence-electron chi connectivity index (χ3n) is 1.84. The second kappa shape index (κ2) is 4.28. The van der Waals surface area contributed by atoms with Crippen LogP contribution < -0.4 is 0 Å². The molecular formula is C8H15ClO2S. The summed E-state index contributed by atoms with van der Waals surface area (Å²) in [5, 5.41) is 0. The first kappa shape index (κ1) is 12.0. The van der Waals surface area contributed by atoms with Gasteiger partial charge in [0.25, 0.3) is 0 Å². The van der Waals surface area contributed by atoms with E-state index in [2.05, 4.69) is 6.58 Å². The first-order valence-electron chi connectivity index (χ1n) is 3.70. The van der Waals surface area contributed by atoms with Crippen molar-refractivity contribution in [2.45, 2.75) is 13.3 Å². The summed E-state index contributed by atoms with van der Waals surface area (Å²) in [4.78, 5) is 0. The Labute approximate surface area is 79.5 Å². The third-order valence-corrected chi connectivity index (χ3v) is 3.40. The van der Waals surface area contributed by atoms with Gasteiger partial charge in [-0.15, -0.1) is 18.2 Å². The summed E-state index contributed by atoms with van der Waals surface area (Å²) in [7, 11) is -2.88. The monoisotopic (exact) mass is 210 g/mol. The molecule has 2 nitrogen and oxygen atoms in total. The molecule has 4 heteroatoms. The summed E-state index contributed by atoms with van der Waals surface area (Å²) in [5.74, 6) is 0.578. The molecule has 1 unspecified atom stereocenters. The van der Waals surface area contributed by atoms with Gasteiger partial charge < -0.3 is 0 Å². The number of alkyl halides is 1. The van der Waals surface area contributed by atoms with Gasteiger partial charge in [0.2, 0.25) is 0 Å². The Hall–Kier alpha value is -0.0200. The fourth-order valence-corrected chi connectivity index (χ4v) is 1.72. The highest BCUT2D eigenvalue weighted by Crippen LogP contribution is 2.24. The van der Waals surface area contributed by atoms with Gasteiger partial charge in [-0.25, -0.2) is 8.42 Å². The molecule has 0 aliphatic heterocycles. The zero-order valence-electron chi connectivity index (χ0n) is 7.51. The lowest BCUT2D eigenvalue weighted by Crippen LogP contribution is -2.19. The number of rotatable bonds is 5. The van der Waals surface area contributed by atoms with Crippen molar-refractivity contribution in [3.8, 4) is 0 Å². The number of halogens is 1. The third kappa shape index (κ3) is 4.78. The topological polar surface area (TPSA) is 34.1 Å². The van der Waals surface area contributed by atoms with Crippen LogP contribution in [0.15, 0.2) is 12.7 Å². The Morgan fingerprint density at radius 1 is 1.58 bits per heavy atom. The molecule has 0 saturated carbocycles. The molecule has 0 aromatic carbocycles. The average Bonchev–Trinajstić information content (AvgIpc) is 1.99. The molecule has 12 heavy (non-hydrogen) atoms. The van der Waals surface area contributed by atoms with E-state index in [0.29, 0.717) is 12.3 Å². The summed E-state index contributed by atoms with van der Waals surface area (Å²) in [5.41, 5.74) is -0.259. The lowest BCUT2D eigenvalue weighted by atomic mass is 9.90. The van der Waals surface area contributed by atoms with Gasteiger partial charge in [0, 0.05) is 12.1 Å². The second-order valence-corrected chi connectivity index (χ2v) is 5.90. The van der Waals surface area contributed by atoms with Crippen molar-refractivity contribution < 1.29 is 8.42 Å². The molecular weight excluding hydrogens is 196 g/mol. The zero-order chi connectivity index (χ0) is 9.83. The second-order valence-electron chi connectivity index (χ2n) is 3.37. The maximum Gasteiger partial charge on any atom is 0.147 e. The smallest absolute Gasteiger partial charge is 0.147 e. The van der Waals surface area contributed by atoms with Crippen molar-refractivity contribution in [3.05, 3.63) is 12.7 Å². The normalized spacial score (nSPS) is 16.9. The Morgan fingerprint density at radius 3 is 2.33 bits per heavy atom. The Balaban J connectivity index is 4.16. The first-order valence-corrected chi connectivity index (χ1v) is 6.30. The predicted octanol–water partition coefficient (Wildman–Crippen LogP) is 1.85. The predicted molar refractivity (Wildman–Crippen MR) is 53.4 cm³/mol. The van der Waals surface area contributed by atoms with E-state index in [4.69, 9.17) is 11.6 Å². The van der Waals surface area contributed by atoms with Gasteiger partial charge in [-0.1, -0.05) is 13.0 Å². The number of allylic oxidation sites excluding steroid dienone is 1. The minimum absolute atomic E-state index is 0.169. The summed E-state index contributed by atoms with van der Waals surface area (Å²) >= 11 is 5.67. The van der Waals surface area contributed by atoms with Crippen molar-refractivity contribution in [3.63, 3.8) is 0 Å². The zero-order valence-corrected chi connectivity index (χ0v) is 9.08. The van der Waals surface area contributed by atoms with Crippen LogP contribution in [0, 0.1) is 5.41 Å². The fraction of sp³-hybridized carbons (Fsp3) is 0.750. The van der Waals surface area contributed by atoms with Gasteiger partial charge >= 0.3 is 0 Å². The molecule has 0 saturated heterocycles. The van der Waals surface area contributed by atoms with Crippen LogP contribution in [-0.4, -0.2) is 26.3 Å². The van der Waals surface area contributed by atoms with Crippen LogP contribution in [0.5, 0.6) is 0 Å². The van der Waals surface area contributed by atoms with E-state index in [1.807, 2.05) is 6.92 Å². The van der Waals surface area contributed by atoms with E-state index in [1.165, 1.54) is 6.26 Å². The van der Waals surface area contributed by atoms with Crippen molar-refractivity contribution in [2.24, 2.45) is 5.41 Å². The Kier molecular flexibility index (Phi) is 4.28. The quantitative estimate of drug-likeness (QED) is 0.513. The van der Waals surface area contributed by atoms with E-state index in [0.717, 1.165) is 0 Å². The van der Waals surface area contributed by atoms with Crippen LogP contribution in [0.2, 0.25) is 0 Å². The van der Waals surface area contributed by atoms with Crippen molar-refractivity contribution in [2.75, 3.05) is 17.9 Å². The van der Waals surface area contributed by atoms with Gasteiger partial charge in [-0.05, 0) is 11.8 Å². The van der Waals surface area contributed by atoms with Crippen LogP contribution in [0.25, 0.3) is 0 Å². The maximum absolute atomic E-state index is 10.8. The molecule has 0 heterocycles. The maximum atomic E-state index is 10.8. The molecule has 0 fully saturated rings. The van der Waals surface area contributed by atoms with Crippen LogP contribution in [-0.2, 0) is 9.84 Å². The van der Waals surface area contributed by atoms with Gasteiger partial charge in [0.05, 0.1) is 5.75 Å². The Morgan fingerprint density at radius 2 is 2.08 bits per heavy atom. The summed E-state index contributed by atoms with van der Waals surface area (Å²) < 4.78 is 21.7. The van der Waals surface area contributed by atoms with Crippen molar-refractivity contribution >= 4 is 21.4 Å². The van der Waals surface area contributed by atoms with Crippen molar-refractivity contribution in [1.82, 2.24) is 0 Å². The highest BCUT2D eigenvalue weighted by Gasteiger charge is 2.20. The summed E-state index contributed by atoms with van der Waals surface area (Å²) in [6, 6.07) is 0. The molecule has 0 aromatic rings. The molecule has 0 N–H and O–H groups in total. The number of hydrogen-bond donors (Lipinski definition) is 0. The highest BCUT2D eigenvalue weighted by atomic mass is 35.5. The molecule has 0 amide bonds. The molecule has 0 spiro atoms. The molecule has 0 aliphatic rings. The molecule has 0 radical (unpaired) electrons. The molecule has 72 valence electrons. The first-order chi connectivity index (χ1) is 5.33. The van der Waals surface area contributed by atoms with Crippen molar-refractivity contribution in [1.29, 1.82) is 0 Å². The minimum Gasteiger partial charge on any atom is -0.229 e.